The lowest BCUT2D eigenvalue weighted by atomic mass is 10.5. The van der Waals surface area contributed by atoms with E-state index in [4.69, 9.17) is 11.5 Å². The van der Waals surface area contributed by atoms with Crippen molar-refractivity contribution < 1.29 is 0 Å². The molecule has 0 aromatic rings. The summed E-state index contributed by atoms with van der Waals surface area (Å²) < 4.78 is 0. The Balaban J connectivity index is 2.82. The summed E-state index contributed by atoms with van der Waals surface area (Å²) in [6, 6.07) is 0. The summed E-state index contributed by atoms with van der Waals surface area (Å²) in [6.45, 7) is 1.41. The van der Waals surface area contributed by atoms with E-state index in [0.29, 0.717) is 6.54 Å². The van der Waals surface area contributed by atoms with Crippen molar-refractivity contribution in [1.29, 1.82) is 0 Å². The first-order valence-corrected chi connectivity index (χ1v) is 4.20. The minimum atomic E-state index is 0.642. The second kappa shape index (κ2) is 8.01. The van der Waals surface area contributed by atoms with Crippen LogP contribution in [0.1, 0.15) is 0 Å². The molecule has 0 aliphatic heterocycles. The predicted octanol–water partition coefficient (Wildman–Crippen LogP) is 0.193. The highest BCUT2D eigenvalue weighted by molar-refractivity contribution is 7.99. The van der Waals surface area contributed by atoms with Gasteiger partial charge in [0.25, 0.3) is 0 Å². The Labute approximate surface area is 60.7 Å². The molecule has 3 heteroatoms. The SMILES string of the molecule is NC/C=C/CSCCN. The maximum Gasteiger partial charge on any atom is 0.0114 e. The van der Waals surface area contributed by atoms with Crippen molar-refractivity contribution in [1.82, 2.24) is 0 Å². The van der Waals surface area contributed by atoms with Gasteiger partial charge in [0.2, 0.25) is 0 Å². The molecule has 0 fully saturated rings. The molecule has 4 N–H and O–H groups in total. The highest BCUT2D eigenvalue weighted by Gasteiger charge is 1.79. The van der Waals surface area contributed by atoms with Crippen LogP contribution < -0.4 is 11.5 Å². The Hall–Kier alpha value is 0.01000. The molecule has 0 aliphatic rings. The van der Waals surface area contributed by atoms with Crippen molar-refractivity contribution >= 4 is 11.8 Å². The Morgan fingerprint density at radius 3 is 2.56 bits per heavy atom. The second-order valence-electron chi connectivity index (χ2n) is 1.57. The van der Waals surface area contributed by atoms with Crippen molar-refractivity contribution in [2.75, 3.05) is 24.6 Å². The monoisotopic (exact) mass is 146 g/mol. The van der Waals surface area contributed by atoms with Gasteiger partial charge in [-0.05, 0) is 0 Å². The zero-order chi connectivity index (χ0) is 6.95. The van der Waals surface area contributed by atoms with Crippen molar-refractivity contribution in [3.8, 4) is 0 Å². The van der Waals surface area contributed by atoms with E-state index in [1.165, 1.54) is 0 Å². The van der Waals surface area contributed by atoms with Gasteiger partial charge >= 0.3 is 0 Å². The van der Waals surface area contributed by atoms with E-state index in [1.54, 1.807) is 0 Å². The van der Waals surface area contributed by atoms with E-state index in [0.717, 1.165) is 18.1 Å². The standard InChI is InChI=1S/C6H14N2S/c7-3-1-2-5-9-6-4-8/h1-2H,3-8H2/b2-1+. The van der Waals surface area contributed by atoms with Crippen molar-refractivity contribution in [3.63, 3.8) is 0 Å². The van der Waals surface area contributed by atoms with Crippen LogP contribution in [0.25, 0.3) is 0 Å². The predicted molar refractivity (Wildman–Crippen MR) is 44.6 cm³/mol. The lowest BCUT2D eigenvalue weighted by Crippen LogP contribution is -2.01. The van der Waals surface area contributed by atoms with Crippen LogP contribution in [-0.4, -0.2) is 24.6 Å². The fourth-order valence-electron chi connectivity index (χ4n) is 0.399. The molecule has 2 nitrogen and oxygen atoms in total. The average molecular weight is 146 g/mol. The Kier molecular flexibility index (Phi) is 8.02. The van der Waals surface area contributed by atoms with Gasteiger partial charge in [-0.15, -0.1) is 0 Å². The van der Waals surface area contributed by atoms with Crippen LogP contribution in [-0.2, 0) is 0 Å². The van der Waals surface area contributed by atoms with Gasteiger partial charge in [0.15, 0.2) is 0 Å². The molecular formula is C6H14N2S. The van der Waals surface area contributed by atoms with Crippen LogP contribution in [0, 0.1) is 0 Å². The third-order valence-corrected chi connectivity index (χ3v) is 1.73. The number of nitrogens with two attached hydrogens (primary N) is 2. The number of rotatable bonds is 5. The maximum absolute atomic E-state index is 5.27. The van der Waals surface area contributed by atoms with Gasteiger partial charge in [-0.1, -0.05) is 12.2 Å². The zero-order valence-electron chi connectivity index (χ0n) is 5.55. The smallest absolute Gasteiger partial charge is 0.0114 e. The quantitative estimate of drug-likeness (QED) is 0.430. The number of hydrogen-bond donors (Lipinski definition) is 2. The maximum atomic E-state index is 5.27. The van der Waals surface area contributed by atoms with Gasteiger partial charge in [0.1, 0.15) is 0 Å². The molecule has 0 aromatic carbocycles. The van der Waals surface area contributed by atoms with E-state index in [-0.39, 0.29) is 0 Å². The first-order valence-electron chi connectivity index (χ1n) is 3.04. The minimum absolute atomic E-state index is 0.642. The summed E-state index contributed by atoms with van der Waals surface area (Å²) in [7, 11) is 0. The van der Waals surface area contributed by atoms with Gasteiger partial charge in [-0.25, -0.2) is 0 Å². The Morgan fingerprint density at radius 2 is 2.00 bits per heavy atom. The molecule has 0 aromatic heterocycles. The third kappa shape index (κ3) is 8.01. The molecule has 0 atom stereocenters. The third-order valence-electron chi connectivity index (χ3n) is 0.779. The van der Waals surface area contributed by atoms with E-state index >= 15 is 0 Å². The van der Waals surface area contributed by atoms with E-state index in [2.05, 4.69) is 6.08 Å². The number of hydrogen-bond acceptors (Lipinski definition) is 3. The highest BCUT2D eigenvalue weighted by Crippen LogP contribution is 1.96. The van der Waals surface area contributed by atoms with Crippen molar-refractivity contribution in [2.24, 2.45) is 11.5 Å². The highest BCUT2D eigenvalue weighted by atomic mass is 32.2. The molecule has 0 spiro atoms. The molecule has 0 rings (SSSR count). The summed E-state index contributed by atoms with van der Waals surface area (Å²) in [5, 5.41) is 0. The molecule has 0 aliphatic carbocycles. The lowest BCUT2D eigenvalue weighted by molar-refractivity contribution is 1.15. The minimum Gasteiger partial charge on any atom is -0.330 e. The molecule has 0 saturated carbocycles. The first kappa shape index (κ1) is 9.01. The normalized spacial score (nSPS) is 10.9. The Morgan fingerprint density at radius 1 is 1.22 bits per heavy atom. The topological polar surface area (TPSA) is 52.0 Å². The Bertz CT molecular complexity index is 73.5. The van der Waals surface area contributed by atoms with Gasteiger partial charge in [-0.2, -0.15) is 11.8 Å². The molecular weight excluding hydrogens is 132 g/mol. The fraction of sp³-hybridized carbons (Fsp3) is 0.667. The summed E-state index contributed by atoms with van der Waals surface area (Å²) >= 11 is 1.83. The molecule has 54 valence electrons. The van der Waals surface area contributed by atoms with Gasteiger partial charge in [0, 0.05) is 24.6 Å². The zero-order valence-corrected chi connectivity index (χ0v) is 6.36. The molecule has 9 heavy (non-hydrogen) atoms. The van der Waals surface area contributed by atoms with Crippen LogP contribution >= 0.6 is 11.8 Å². The summed E-state index contributed by atoms with van der Waals surface area (Å²) in [6.07, 6.45) is 4.03. The summed E-state index contributed by atoms with van der Waals surface area (Å²) in [5.41, 5.74) is 10.5. The van der Waals surface area contributed by atoms with Crippen molar-refractivity contribution in [2.45, 2.75) is 0 Å². The molecule has 0 bridgehead atoms. The fourth-order valence-corrected chi connectivity index (χ4v) is 1.00. The van der Waals surface area contributed by atoms with E-state index in [1.807, 2.05) is 17.8 Å². The van der Waals surface area contributed by atoms with E-state index in [9.17, 15) is 0 Å². The molecule has 0 saturated heterocycles. The van der Waals surface area contributed by atoms with E-state index < -0.39 is 0 Å². The van der Waals surface area contributed by atoms with Gasteiger partial charge in [-0.3, -0.25) is 0 Å². The number of thioether (sulfide) groups is 1. The van der Waals surface area contributed by atoms with Crippen LogP contribution in [0.3, 0.4) is 0 Å². The lowest BCUT2D eigenvalue weighted by Gasteiger charge is -1.90. The second-order valence-corrected chi connectivity index (χ2v) is 2.72. The van der Waals surface area contributed by atoms with Crippen LogP contribution in [0.4, 0.5) is 0 Å². The molecule has 0 unspecified atom stereocenters. The van der Waals surface area contributed by atoms with Gasteiger partial charge in [0.05, 0.1) is 0 Å². The molecule has 0 amide bonds. The summed E-state index contributed by atoms with van der Waals surface area (Å²) in [4.78, 5) is 0. The summed E-state index contributed by atoms with van der Waals surface area (Å²) in [5.74, 6) is 2.07. The van der Waals surface area contributed by atoms with Crippen LogP contribution in [0.2, 0.25) is 0 Å². The molecule has 0 heterocycles. The molecule has 0 radical (unpaired) electrons. The van der Waals surface area contributed by atoms with Crippen LogP contribution in [0.15, 0.2) is 12.2 Å². The first-order chi connectivity index (χ1) is 4.41. The van der Waals surface area contributed by atoms with Crippen molar-refractivity contribution in [3.05, 3.63) is 12.2 Å². The van der Waals surface area contributed by atoms with Crippen LogP contribution in [0.5, 0.6) is 0 Å². The van der Waals surface area contributed by atoms with Gasteiger partial charge < -0.3 is 11.5 Å². The largest absolute Gasteiger partial charge is 0.330 e. The average Bonchev–Trinajstić information content (AvgIpc) is 1.89.